The Morgan fingerprint density at radius 1 is 1.73 bits per heavy atom. The summed E-state index contributed by atoms with van der Waals surface area (Å²) in [5.41, 5.74) is 2.24. The first kappa shape index (κ1) is 9.96. The van der Waals surface area contributed by atoms with Gasteiger partial charge in [0.1, 0.15) is 0 Å². The number of carboxylic acids is 1. The molecule has 4 heteroatoms. The van der Waals surface area contributed by atoms with Gasteiger partial charge in [-0.25, -0.2) is 4.98 Å². The third kappa shape index (κ3) is 1.93. The number of rotatable bonds is 3. The number of hydrogen-bond acceptors (Lipinski definition) is 3. The number of fused-ring (bicyclic) bond motifs is 1. The maximum absolute atomic E-state index is 10.7. The molecule has 0 aliphatic heterocycles. The van der Waals surface area contributed by atoms with Gasteiger partial charge in [-0.15, -0.1) is 0 Å². The zero-order chi connectivity index (χ0) is 10.8. The quantitative estimate of drug-likeness (QED) is 0.817. The summed E-state index contributed by atoms with van der Waals surface area (Å²) in [5.74, 6) is -0.0657. The molecule has 1 aromatic heterocycles. The van der Waals surface area contributed by atoms with Crippen LogP contribution in [0.15, 0.2) is 12.3 Å². The molecular weight excluding hydrogens is 194 g/mol. The lowest BCUT2D eigenvalue weighted by Crippen LogP contribution is -2.03. The van der Waals surface area contributed by atoms with Crippen LogP contribution in [-0.2, 0) is 11.2 Å². The van der Waals surface area contributed by atoms with Crippen molar-refractivity contribution in [2.75, 3.05) is 7.11 Å². The lowest BCUT2D eigenvalue weighted by atomic mass is 9.99. The van der Waals surface area contributed by atoms with Crippen LogP contribution in [0.3, 0.4) is 0 Å². The molecule has 0 spiro atoms. The number of hydrogen-bond donors (Lipinski definition) is 1. The number of aliphatic carboxylic acids is 1. The van der Waals surface area contributed by atoms with E-state index in [1.54, 1.807) is 13.3 Å². The fraction of sp³-hybridized carbons (Fsp3) is 0.455. The molecule has 0 radical (unpaired) electrons. The van der Waals surface area contributed by atoms with Crippen molar-refractivity contribution in [1.82, 2.24) is 4.98 Å². The molecule has 0 fully saturated rings. The number of methoxy groups -OCH3 is 1. The van der Waals surface area contributed by atoms with Crippen LogP contribution in [-0.4, -0.2) is 23.2 Å². The standard InChI is InChI=1S/C11H13NO3/c1-15-10-5-9-7(4-11(13)14)2-3-8(9)6-12-10/h5-7H,2-4H2,1H3,(H,13,14). The first-order valence-corrected chi connectivity index (χ1v) is 4.95. The van der Waals surface area contributed by atoms with E-state index in [0.717, 1.165) is 24.0 Å². The molecule has 15 heavy (non-hydrogen) atoms. The minimum Gasteiger partial charge on any atom is -0.481 e. The second kappa shape index (κ2) is 3.88. The van der Waals surface area contributed by atoms with E-state index in [9.17, 15) is 4.79 Å². The van der Waals surface area contributed by atoms with Crippen LogP contribution in [0.25, 0.3) is 0 Å². The maximum Gasteiger partial charge on any atom is 0.303 e. The summed E-state index contributed by atoms with van der Waals surface area (Å²) in [7, 11) is 1.57. The van der Waals surface area contributed by atoms with Gasteiger partial charge in [-0.2, -0.15) is 0 Å². The topological polar surface area (TPSA) is 59.4 Å². The van der Waals surface area contributed by atoms with Crippen LogP contribution in [0.5, 0.6) is 5.88 Å². The van der Waals surface area contributed by atoms with E-state index < -0.39 is 5.97 Å². The first-order chi connectivity index (χ1) is 7.20. The Bertz CT molecular complexity index is 389. The highest BCUT2D eigenvalue weighted by Crippen LogP contribution is 2.36. The van der Waals surface area contributed by atoms with E-state index in [1.165, 1.54) is 0 Å². The van der Waals surface area contributed by atoms with Crippen LogP contribution in [0.4, 0.5) is 0 Å². The van der Waals surface area contributed by atoms with Crippen LogP contribution >= 0.6 is 0 Å². The third-order valence-electron chi connectivity index (χ3n) is 2.83. The van der Waals surface area contributed by atoms with Gasteiger partial charge in [0.15, 0.2) is 0 Å². The molecule has 80 valence electrons. The molecule has 2 rings (SSSR count). The van der Waals surface area contributed by atoms with Crippen molar-refractivity contribution in [2.24, 2.45) is 0 Å². The van der Waals surface area contributed by atoms with Crippen molar-refractivity contribution in [3.05, 3.63) is 23.4 Å². The molecule has 1 N–H and O–H groups in total. The third-order valence-corrected chi connectivity index (χ3v) is 2.83. The SMILES string of the molecule is COc1cc2c(cn1)CCC2CC(=O)O. The Morgan fingerprint density at radius 3 is 3.20 bits per heavy atom. The van der Waals surface area contributed by atoms with Crippen LogP contribution in [0.1, 0.15) is 29.9 Å². The van der Waals surface area contributed by atoms with Gasteiger partial charge in [-0.05, 0) is 29.9 Å². The van der Waals surface area contributed by atoms with E-state index in [-0.39, 0.29) is 12.3 Å². The molecule has 0 aromatic carbocycles. The molecule has 4 nitrogen and oxygen atoms in total. The Morgan fingerprint density at radius 2 is 2.53 bits per heavy atom. The fourth-order valence-electron chi connectivity index (χ4n) is 2.09. The number of aromatic nitrogens is 1. The van der Waals surface area contributed by atoms with E-state index in [1.807, 2.05) is 6.07 Å². The molecule has 0 saturated carbocycles. The summed E-state index contributed by atoms with van der Waals surface area (Å²) in [6, 6.07) is 1.86. The summed E-state index contributed by atoms with van der Waals surface area (Å²) < 4.78 is 5.03. The number of ether oxygens (including phenoxy) is 1. The van der Waals surface area contributed by atoms with Gasteiger partial charge in [-0.3, -0.25) is 4.79 Å². The van der Waals surface area contributed by atoms with E-state index in [0.29, 0.717) is 5.88 Å². The van der Waals surface area contributed by atoms with Gasteiger partial charge in [0, 0.05) is 12.3 Å². The minimum absolute atomic E-state index is 0.120. The highest BCUT2D eigenvalue weighted by molar-refractivity contribution is 5.68. The van der Waals surface area contributed by atoms with Crippen molar-refractivity contribution in [3.63, 3.8) is 0 Å². The van der Waals surface area contributed by atoms with Gasteiger partial charge in [0.25, 0.3) is 0 Å². The number of aryl methyl sites for hydroxylation is 1. The Kier molecular flexibility index (Phi) is 2.58. The highest BCUT2D eigenvalue weighted by atomic mass is 16.5. The molecule has 1 heterocycles. The average Bonchev–Trinajstić information content (AvgIpc) is 2.60. The molecule has 1 unspecified atom stereocenters. The molecule has 0 bridgehead atoms. The molecule has 0 amide bonds. The summed E-state index contributed by atoms with van der Waals surface area (Å²) >= 11 is 0. The molecule has 1 aromatic rings. The van der Waals surface area contributed by atoms with Crippen molar-refractivity contribution >= 4 is 5.97 Å². The van der Waals surface area contributed by atoms with E-state index in [2.05, 4.69) is 4.98 Å². The minimum atomic E-state index is -0.747. The van der Waals surface area contributed by atoms with Gasteiger partial charge >= 0.3 is 5.97 Å². The van der Waals surface area contributed by atoms with Crippen LogP contribution in [0.2, 0.25) is 0 Å². The van der Waals surface area contributed by atoms with Gasteiger partial charge in [0.05, 0.1) is 13.5 Å². The average molecular weight is 207 g/mol. The molecule has 0 saturated heterocycles. The largest absolute Gasteiger partial charge is 0.481 e. The summed E-state index contributed by atoms with van der Waals surface area (Å²) in [5, 5.41) is 8.78. The zero-order valence-corrected chi connectivity index (χ0v) is 8.56. The first-order valence-electron chi connectivity index (χ1n) is 4.95. The van der Waals surface area contributed by atoms with Crippen molar-refractivity contribution < 1.29 is 14.6 Å². The highest BCUT2D eigenvalue weighted by Gasteiger charge is 2.25. The number of carboxylic acid groups (broad SMARTS) is 1. The molecule has 1 atom stereocenters. The normalized spacial score (nSPS) is 18.6. The predicted octanol–water partition coefficient (Wildman–Crippen LogP) is 1.59. The summed E-state index contributed by atoms with van der Waals surface area (Å²) in [6.45, 7) is 0. The fourth-order valence-corrected chi connectivity index (χ4v) is 2.09. The maximum atomic E-state index is 10.7. The molecule has 1 aliphatic carbocycles. The van der Waals surface area contributed by atoms with Crippen LogP contribution < -0.4 is 4.74 Å². The van der Waals surface area contributed by atoms with Gasteiger partial charge in [-0.1, -0.05) is 0 Å². The second-order valence-corrected chi connectivity index (χ2v) is 3.76. The van der Waals surface area contributed by atoms with Crippen molar-refractivity contribution in [2.45, 2.75) is 25.2 Å². The summed E-state index contributed by atoms with van der Waals surface area (Å²) in [4.78, 5) is 14.8. The van der Waals surface area contributed by atoms with Crippen LogP contribution in [0, 0.1) is 0 Å². The zero-order valence-electron chi connectivity index (χ0n) is 8.56. The molecule has 1 aliphatic rings. The summed E-state index contributed by atoms with van der Waals surface area (Å²) in [6.07, 6.45) is 3.80. The lowest BCUT2D eigenvalue weighted by molar-refractivity contribution is -0.137. The number of pyridine rings is 1. The van der Waals surface area contributed by atoms with E-state index in [4.69, 9.17) is 9.84 Å². The monoisotopic (exact) mass is 207 g/mol. The second-order valence-electron chi connectivity index (χ2n) is 3.76. The van der Waals surface area contributed by atoms with Gasteiger partial charge < -0.3 is 9.84 Å². The van der Waals surface area contributed by atoms with Gasteiger partial charge in [0.2, 0.25) is 5.88 Å². The molecular formula is C11H13NO3. The Balaban J connectivity index is 2.27. The predicted molar refractivity (Wildman–Crippen MR) is 54.1 cm³/mol. The lowest BCUT2D eigenvalue weighted by Gasteiger charge is -2.09. The van der Waals surface area contributed by atoms with E-state index >= 15 is 0 Å². The Labute approximate surface area is 87.9 Å². The number of carbonyl (C=O) groups is 1. The smallest absolute Gasteiger partial charge is 0.303 e. The number of nitrogens with zero attached hydrogens (tertiary/aromatic N) is 1. The van der Waals surface area contributed by atoms with Crippen molar-refractivity contribution in [1.29, 1.82) is 0 Å². The van der Waals surface area contributed by atoms with Crippen molar-refractivity contribution in [3.8, 4) is 5.88 Å². The Hall–Kier alpha value is -1.58.